The lowest BCUT2D eigenvalue weighted by atomic mass is 10.2. The maximum Gasteiger partial charge on any atom is 0.188 e. The summed E-state index contributed by atoms with van der Waals surface area (Å²) in [5, 5.41) is 7.58. The van der Waals surface area contributed by atoms with Crippen molar-refractivity contribution in [2.45, 2.75) is 19.3 Å². The van der Waals surface area contributed by atoms with E-state index < -0.39 is 0 Å². The first-order chi connectivity index (χ1) is 12.2. The van der Waals surface area contributed by atoms with E-state index in [2.05, 4.69) is 36.2 Å². The zero-order valence-corrected chi connectivity index (χ0v) is 14.8. The van der Waals surface area contributed by atoms with Crippen LogP contribution in [-0.4, -0.2) is 20.9 Å². The number of hydrogen-bond acceptors (Lipinski definition) is 4. The number of aromatic nitrogens is 3. The monoisotopic (exact) mass is 395 g/mol. The lowest BCUT2D eigenvalue weighted by Gasteiger charge is -2.11. The van der Waals surface area contributed by atoms with Gasteiger partial charge >= 0.3 is 0 Å². The first-order valence-corrected chi connectivity index (χ1v) is 8.74. The summed E-state index contributed by atoms with van der Waals surface area (Å²) < 4.78 is 2.54. The highest BCUT2D eigenvalue weighted by molar-refractivity contribution is 9.10. The fourth-order valence-electron chi connectivity index (χ4n) is 2.77. The second-order valence-electron chi connectivity index (χ2n) is 6.13. The summed E-state index contributed by atoms with van der Waals surface area (Å²) in [6.07, 6.45) is 5.72. The normalized spacial score (nSPS) is 13.6. The molecule has 1 aliphatic carbocycles. The molecule has 1 saturated carbocycles. The molecule has 4 rings (SSSR count). The Morgan fingerprint density at radius 2 is 2.24 bits per heavy atom. The smallest absolute Gasteiger partial charge is 0.188 e. The molecule has 6 nitrogen and oxygen atoms in total. The van der Waals surface area contributed by atoms with Crippen LogP contribution < -0.4 is 5.32 Å². The molecule has 2 heterocycles. The maximum absolute atomic E-state index is 11.3. The molecular weight excluding hydrogens is 382 g/mol. The van der Waals surface area contributed by atoms with Crippen LogP contribution in [0.5, 0.6) is 0 Å². The predicted molar refractivity (Wildman–Crippen MR) is 98.5 cm³/mol. The number of benzene rings is 1. The van der Waals surface area contributed by atoms with Crippen molar-refractivity contribution in [1.82, 2.24) is 14.6 Å². The van der Waals surface area contributed by atoms with E-state index in [0.29, 0.717) is 28.6 Å². The van der Waals surface area contributed by atoms with Gasteiger partial charge in [0.25, 0.3) is 0 Å². The van der Waals surface area contributed by atoms with Gasteiger partial charge in [-0.05, 0) is 53.2 Å². The Kier molecular flexibility index (Phi) is 3.98. The van der Waals surface area contributed by atoms with Crippen molar-refractivity contribution in [1.29, 1.82) is 0 Å². The highest BCUT2D eigenvalue weighted by Gasteiger charge is 2.24. The standard InChI is InChI=1S/C18H14BrN5O/c1-20-13-4-5-16(15(19)7-13)22-17-8-14(6-11-2-3-11)24-18(23-17)12(10-25)9-21-24/h4-5,7-11H,2-3,6H2,(H,22,23). The summed E-state index contributed by atoms with van der Waals surface area (Å²) in [5.41, 5.74) is 3.45. The molecule has 1 fully saturated rings. The molecule has 0 unspecified atom stereocenters. The Labute approximate surface area is 152 Å². The highest BCUT2D eigenvalue weighted by atomic mass is 79.9. The molecular formula is C18H14BrN5O. The molecule has 1 aromatic carbocycles. The lowest BCUT2D eigenvalue weighted by Crippen LogP contribution is -2.05. The fraction of sp³-hybridized carbons (Fsp3) is 0.222. The number of nitrogens with one attached hydrogen (secondary N) is 1. The predicted octanol–water partition coefficient (Wildman–Crippen LogP) is 4.55. The van der Waals surface area contributed by atoms with Crippen LogP contribution in [0.1, 0.15) is 28.9 Å². The van der Waals surface area contributed by atoms with Crippen LogP contribution in [0.25, 0.3) is 10.5 Å². The van der Waals surface area contributed by atoms with Crippen molar-refractivity contribution < 1.29 is 4.79 Å². The molecule has 0 saturated heterocycles. The fourth-order valence-corrected chi connectivity index (χ4v) is 3.23. The van der Waals surface area contributed by atoms with Crippen LogP contribution in [0.15, 0.2) is 34.9 Å². The van der Waals surface area contributed by atoms with Crippen LogP contribution in [0.2, 0.25) is 0 Å². The van der Waals surface area contributed by atoms with E-state index in [0.717, 1.165) is 28.6 Å². The van der Waals surface area contributed by atoms with Crippen LogP contribution in [0.4, 0.5) is 17.2 Å². The van der Waals surface area contributed by atoms with E-state index >= 15 is 0 Å². The largest absolute Gasteiger partial charge is 0.339 e. The van der Waals surface area contributed by atoms with E-state index in [-0.39, 0.29) is 0 Å². The van der Waals surface area contributed by atoms with Gasteiger partial charge in [0, 0.05) is 16.2 Å². The van der Waals surface area contributed by atoms with E-state index in [4.69, 9.17) is 6.57 Å². The Hall–Kier alpha value is -2.72. The Balaban J connectivity index is 1.76. The van der Waals surface area contributed by atoms with Crippen molar-refractivity contribution in [3.05, 3.63) is 57.6 Å². The third kappa shape index (κ3) is 3.13. The van der Waals surface area contributed by atoms with Gasteiger partial charge in [0.05, 0.1) is 24.0 Å². The third-order valence-electron chi connectivity index (χ3n) is 4.24. The molecule has 1 N–H and O–H groups in total. The van der Waals surface area contributed by atoms with Crippen LogP contribution in [-0.2, 0) is 6.42 Å². The molecule has 0 bridgehead atoms. The summed E-state index contributed by atoms with van der Waals surface area (Å²) in [6, 6.07) is 7.32. The first kappa shape index (κ1) is 15.8. The number of hydrogen-bond donors (Lipinski definition) is 1. The van der Waals surface area contributed by atoms with E-state index in [9.17, 15) is 4.79 Å². The number of halogens is 1. The van der Waals surface area contributed by atoms with Gasteiger partial charge in [-0.3, -0.25) is 4.79 Å². The number of anilines is 2. The molecule has 3 aromatic rings. The summed E-state index contributed by atoms with van der Waals surface area (Å²) in [4.78, 5) is 19.2. The summed E-state index contributed by atoms with van der Waals surface area (Å²) in [7, 11) is 0. The zero-order chi connectivity index (χ0) is 17.4. The van der Waals surface area contributed by atoms with Gasteiger partial charge in [-0.2, -0.15) is 5.10 Å². The minimum absolute atomic E-state index is 0.475. The molecule has 25 heavy (non-hydrogen) atoms. The number of nitrogens with zero attached hydrogens (tertiary/aromatic N) is 4. The Bertz CT molecular complexity index is 1020. The van der Waals surface area contributed by atoms with Gasteiger partial charge in [-0.1, -0.05) is 6.07 Å². The molecule has 0 amide bonds. The molecule has 124 valence electrons. The second-order valence-corrected chi connectivity index (χ2v) is 6.99. The van der Waals surface area contributed by atoms with Gasteiger partial charge in [-0.25, -0.2) is 14.3 Å². The van der Waals surface area contributed by atoms with Crippen LogP contribution in [0, 0.1) is 12.5 Å². The third-order valence-corrected chi connectivity index (χ3v) is 4.90. The van der Waals surface area contributed by atoms with Crippen LogP contribution in [0.3, 0.4) is 0 Å². The van der Waals surface area contributed by atoms with E-state index in [1.165, 1.54) is 12.8 Å². The van der Waals surface area contributed by atoms with Gasteiger partial charge in [0.2, 0.25) is 0 Å². The van der Waals surface area contributed by atoms with E-state index in [1.807, 2.05) is 12.1 Å². The highest BCUT2D eigenvalue weighted by Crippen LogP contribution is 2.34. The second kappa shape index (κ2) is 6.30. The molecule has 0 spiro atoms. The minimum Gasteiger partial charge on any atom is -0.339 e. The summed E-state index contributed by atoms with van der Waals surface area (Å²) >= 11 is 3.48. The molecule has 7 heteroatoms. The topological polar surface area (TPSA) is 63.6 Å². The van der Waals surface area contributed by atoms with Crippen LogP contribution >= 0.6 is 15.9 Å². The molecule has 0 radical (unpaired) electrons. The molecule has 1 aliphatic rings. The number of carbonyl (C=O) groups is 1. The molecule has 0 atom stereocenters. The number of aldehydes is 1. The number of carbonyl (C=O) groups excluding carboxylic acids is 1. The summed E-state index contributed by atoms with van der Waals surface area (Å²) in [5.74, 6) is 1.34. The Morgan fingerprint density at radius 1 is 1.40 bits per heavy atom. The van der Waals surface area contributed by atoms with Gasteiger partial charge < -0.3 is 5.32 Å². The average Bonchev–Trinajstić information content (AvgIpc) is 3.33. The SMILES string of the molecule is [C-]#[N+]c1ccc(Nc2cc(CC3CC3)n3ncc(C=O)c3n2)c(Br)c1. The molecule has 0 aliphatic heterocycles. The van der Waals surface area contributed by atoms with Gasteiger partial charge in [-0.15, -0.1) is 0 Å². The molecule has 2 aromatic heterocycles. The maximum atomic E-state index is 11.3. The minimum atomic E-state index is 0.475. The Morgan fingerprint density at radius 3 is 2.92 bits per heavy atom. The quantitative estimate of drug-likeness (QED) is 0.508. The lowest BCUT2D eigenvalue weighted by molar-refractivity contribution is 0.112. The zero-order valence-electron chi connectivity index (χ0n) is 13.2. The van der Waals surface area contributed by atoms with Crippen molar-refractivity contribution in [2.24, 2.45) is 5.92 Å². The first-order valence-electron chi connectivity index (χ1n) is 7.95. The van der Waals surface area contributed by atoms with Gasteiger partial charge in [0.1, 0.15) is 5.82 Å². The average molecular weight is 396 g/mol. The van der Waals surface area contributed by atoms with E-state index in [1.54, 1.807) is 22.8 Å². The van der Waals surface area contributed by atoms with Gasteiger partial charge in [0.15, 0.2) is 17.6 Å². The summed E-state index contributed by atoms with van der Waals surface area (Å²) in [6.45, 7) is 7.08. The number of rotatable bonds is 5. The van der Waals surface area contributed by atoms with Crippen molar-refractivity contribution in [2.75, 3.05) is 5.32 Å². The van der Waals surface area contributed by atoms with Crippen molar-refractivity contribution in [3.63, 3.8) is 0 Å². The number of fused-ring (bicyclic) bond motifs is 1. The van der Waals surface area contributed by atoms with Crippen molar-refractivity contribution >= 4 is 45.1 Å². The van der Waals surface area contributed by atoms with Crippen molar-refractivity contribution in [3.8, 4) is 0 Å².